The Labute approximate surface area is 302 Å². The quantitative estimate of drug-likeness (QED) is 0.167. The van der Waals surface area contributed by atoms with Crippen LogP contribution in [0.1, 0.15) is 29.7 Å². The first-order valence-corrected chi connectivity index (χ1v) is 17.5. The van der Waals surface area contributed by atoms with Gasteiger partial charge in [-0.2, -0.15) is 0 Å². The molecule has 0 saturated heterocycles. The molecule has 0 unspecified atom stereocenters. The van der Waals surface area contributed by atoms with Crippen LogP contribution in [0.2, 0.25) is 0 Å². The van der Waals surface area contributed by atoms with E-state index in [2.05, 4.69) is 50.5 Å². The molecule has 0 spiro atoms. The topological polar surface area (TPSA) is 91.2 Å². The molecule has 4 aromatic carbocycles. The largest absolute Gasteiger partial charge is 0.497 e. The minimum Gasteiger partial charge on any atom is -0.497 e. The third kappa shape index (κ3) is 7.02. The van der Waals surface area contributed by atoms with Gasteiger partial charge in [-0.1, -0.05) is 59.9 Å². The first-order valence-electron chi connectivity index (χ1n) is 14.5. The first-order chi connectivity index (χ1) is 22.8. The lowest BCUT2D eigenvalue weighted by Crippen LogP contribution is -2.40. The van der Waals surface area contributed by atoms with E-state index in [-0.39, 0.29) is 11.5 Å². The summed E-state index contributed by atoms with van der Waals surface area (Å²) in [6.07, 6.45) is 1.86. The second-order valence-corrected chi connectivity index (χ2v) is 13.9. The molecule has 1 aliphatic rings. The average Bonchev–Trinajstić information content (AvgIpc) is 3.37. The number of halogens is 2. The van der Waals surface area contributed by atoms with Crippen LogP contribution >= 0.6 is 56.5 Å². The Kier molecular flexibility index (Phi) is 10.1. The summed E-state index contributed by atoms with van der Waals surface area (Å²) in [5.74, 6) is 1.52. The number of para-hydroxylation sites is 1. The highest BCUT2D eigenvalue weighted by molar-refractivity contribution is 14.1. The number of nitrogens with zero attached hydrogens (tertiary/aromatic N) is 2. The first kappa shape index (κ1) is 33.0. The summed E-state index contributed by atoms with van der Waals surface area (Å²) < 4.78 is 21.3. The number of carbonyl (C=O) groups excluding carboxylic acids is 1. The van der Waals surface area contributed by atoms with Crippen LogP contribution in [-0.2, 0) is 11.4 Å². The van der Waals surface area contributed by atoms with Crippen molar-refractivity contribution < 1.29 is 19.0 Å². The highest BCUT2D eigenvalue weighted by Crippen LogP contribution is 2.38. The van der Waals surface area contributed by atoms with Gasteiger partial charge in [-0.15, -0.1) is 0 Å². The van der Waals surface area contributed by atoms with Crippen molar-refractivity contribution in [3.63, 3.8) is 0 Å². The maximum atomic E-state index is 14.3. The highest BCUT2D eigenvalue weighted by Gasteiger charge is 2.34. The zero-order valence-corrected chi connectivity index (χ0v) is 30.8. The van der Waals surface area contributed by atoms with Gasteiger partial charge >= 0.3 is 0 Å². The molecule has 1 aromatic heterocycles. The molecule has 1 atom stereocenters. The number of benzene rings is 4. The second-order valence-electron chi connectivity index (χ2n) is 10.6. The minimum absolute atomic E-state index is 0.261. The average molecular weight is 870 g/mol. The molecule has 238 valence electrons. The third-order valence-corrected chi connectivity index (χ3v) is 10.2. The van der Waals surface area contributed by atoms with Gasteiger partial charge in [0, 0.05) is 17.3 Å². The summed E-state index contributed by atoms with van der Waals surface area (Å²) >= 11 is 5.81. The van der Waals surface area contributed by atoms with Crippen molar-refractivity contribution in [3.05, 3.63) is 146 Å². The van der Waals surface area contributed by atoms with Gasteiger partial charge in [0.05, 0.1) is 37.2 Å². The van der Waals surface area contributed by atoms with Gasteiger partial charge in [-0.05, 0) is 106 Å². The predicted octanol–water partition coefficient (Wildman–Crippen LogP) is 6.68. The lowest BCUT2D eigenvalue weighted by atomic mass is 9.94. The molecule has 1 amide bonds. The van der Waals surface area contributed by atoms with Crippen LogP contribution in [-0.4, -0.2) is 24.7 Å². The number of nitrogens with one attached hydrogen (secondary N) is 1. The normalized spacial score (nSPS) is 14.3. The van der Waals surface area contributed by atoms with Gasteiger partial charge < -0.3 is 19.5 Å². The Morgan fingerprint density at radius 2 is 1.64 bits per heavy atom. The molecule has 1 aliphatic heterocycles. The summed E-state index contributed by atoms with van der Waals surface area (Å²) in [5.41, 5.74) is 3.81. The van der Waals surface area contributed by atoms with E-state index in [0.29, 0.717) is 50.0 Å². The molecule has 8 nitrogen and oxygen atoms in total. The fraction of sp³-hybridized carbons (Fsp3) is 0.139. The van der Waals surface area contributed by atoms with Crippen LogP contribution in [0.15, 0.2) is 112 Å². The Balaban J connectivity index is 1.44. The van der Waals surface area contributed by atoms with Gasteiger partial charge in [0.2, 0.25) is 0 Å². The second kappa shape index (κ2) is 14.4. The van der Waals surface area contributed by atoms with Gasteiger partial charge in [0.1, 0.15) is 29.9 Å². The number of fused-ring (bicyclic) bond motifs is 1. The molecular formula is C36H29I2N3O5S. The molecule has 2 heterocycles. The van der Waals surface area contributed by atoms with E-state index < -0.39 is 6.04 Å². The number of methoxy groups -OCH3 is 2. The zero-order valence-electron chi connectivity index (χ0n) is 25.6. The van der Waals surface area contributed by atoms with E-state index in [0.717, 1.165) is 24.0 Å². The van der Waals surface area contributed by atoms with Crippen molar-refractivity contribution in [2.75, 3.05) is 19.5 Å². The standard InChI is InChI=1S/C36H29I2N3O5S/c1-21-31(34(42)40-24-12-8-5-9-13-24)32(26-15-14-25(44-2)19-29(26)45-3)41-35(43)30(47-36(41)39-21)18-23-16-27(37)33(28(38)17-23)46-20-22-10-6-4-7-11-22/h4-19,32H,20H2,1-3H3,(H,40,42)/b30-18-/t32-/m1/s1. The highest BCUT2D eigenvalue weighted by atomic mass is 127. The third-order valence-electron chi connectivity index (χ3n) is 7.58. The Hall–Kier alpha value is -3.95. The van der Waals surface area contributed by atoms with E-state index >= 15 is 0 Å². The fourth-order valence-electron chi connectivity index (χ4n) is 5.35. The Bertz CT molecular complexity index is 2160. The fourth-order valence-corrected chi connectivity index (χ4v) is 8.53. The van der Waals surface area contributed by atoms with Gasteiger partial charge in [-0.25, -0.2) is 4.99 Å². The number of anilines is 1. The van der Waals surface area contributed by atoms with E-state index in [9.17, 15) is 9.59 Å². The van der Waals surface area contributed by atoms with Crippen molar-refractivity contribution in [1.29, 1.82) is 0 Å². The minimum atomic E-state index is -0.799. The molecule has 5 aromatic rings. The van der Waals surface area contributed by atoms with Crippen LogP contribution in [0, 0.1) is 7.14 Å². The molecular weight excluding hydrogens is 840 g/mol. The predicted molar refractivity (Wildman–Crippen MR) is 201 cm³/mol. The molecule has 6 rings (SSSR count). The molecule has 47 heavy (non-hydrogen) atoms. The van der Waals surface area contributed by atoms with Gasteiger partial charge in [0.15, 0.2) is 4.80 Å². The number of amides is 1. The Morgan fingerprint density at radius 1 is 0.957 bits per heavy atom. The number of aromatic nitrogens is 1. The van der Waals surface area contributed by atoms with Crippen molar-refractivity contribution in [2.45, 2.75) is 19.6 Å². The monoisotopic (exact) mass is 869 g/mol. The lowest BCUT2D eigenvalue weighted by Gasteiger charge is -2.26. The molecule has 11 heteroatoms. The molecule has 0 saturated carbocycles. The maximum absolute atomic E-state index is 14.3. The number of allylic oxidation sites excluding steroid dienone is 1. The number of hydrogen-bond donors (Lipinski definition) is 1. The van der Waals surface area contributed by atoms with Crippen LogP contribution < -0.4 is 34.4 Å². The van der Waals surface area contributed by atoms with Crippen molar-refractivity contribution in [2.24, 2.45) is 4.99 Å². The number of rotatable bonds is 9. The van der Waals surface area contributed by atoms with E-state index in [1.54, 1.807) is 37.8 Å². The van der Waals surface area contributed by atoms with E-state index in [1.807, 2.05) is 84.9 Å². The van der Waals surface area contributed by atoms with Crippen molar-refractivity contribution in [3.8, 4) is 17.2 Å². The Morgan fingerprint density at radius 3 is 2.30 bits per heavy atom. The summed E-state index contributed by atoms with van der Waals surface area (Å²) in [5, 5.41) is 2.98. The van der Waals surface area contributed by atoms with Crippen LogP contribution in [0.5, 0.6) is 17.2 Å². The zero-order chi connectivity index (χ0) is 33.1. The lowest BCUT2D eigenvalue weighted by molar-refractivity contribution is -0.113. The summed E-state index contributed by atoms with van der Waals surface area (Å²) in [6, 6.07) is 27.8. The number of carbonyl (C=O) groups is 1. The van der Waals surface area contributed by atoms with Crippen molar-refractivity contribution in [1.82, 2.24) is 4.57 Å². The number of ether oxygens (including phenoxy) is 3. The van der Waals surface area contributed by atoms with Crippen LogP contribution in [0.4, 0.5) is 5.69 Å². The molecule has 0 fully saturated rings. The van der Waals surface area contributed by atoms with Crippen LogP contribution in [0.25, 0.3) is 6.08 Å². The van der Waals surface area contributed by atoms with Gasteiger partial charge in [0.25, 0.3) is 11.5 Å². The van der Waals surface area contributed by atoms with Crippen LogP contribution in [0.3, 0.4) is 0 Å². The van der Waals surface area contributed by atoms with E-state index in [1.165, 1.54) is 11.3 Å². The molecule has 0 bridgehead atoms. The molecule has 0 radical (unpaired) electrons. The number of thiazole rings is 1. The van der Waals surface area contributed by atoms with E-state index in [4.69, 9.17) is 19.2 Å². The van der Waals surface area contributed by atoms with Crippen molar-refractivity contribution >= 4 is 74.2 Å². The molecule has 0 aliphatic carbocycles. The number of hydrogen-bond acceptors (Lipinski definition) is 7. The van der Waals surface area contributed by atoms with Gasteiger partial charge in [-0.3, -0.25) is 14.2 Å². The molecule has 1 N–H and O–H groups in total. The summed E-state index contributed by atoms with van der Waals surface area (Å²) in [6.45, 7) is 2.25. The summed E-state index contributed by atoms with van der Waals surface area (Å²) in [4.78, 5) is 33.5. The maximum Gasteiger partial charge on any atom is 0.271 e. The smallest absolute Gasteiger partial charge is 0.271 e. The summed E-state index contributed by atoms with van der Waals surface area (Å²) in [7, 11) is 3.13. The SMILES string of the molecule is COc1ccc([C@@H]2C(C(=O)Nc3ccccc3)=C(C)N=c3s/c(=C\c4cc(I)c(OCc5ccccc5)c(I)c4)c(=O)n32)c(OC)c1.